The van der Waals surface area contributed by atoms with Crippen LogP contribution >= 0.6 is 0 Å². The molecule has 0 heteroatoms. The van der Waals surface area contributed by atoms with Gasteiger partial charge < -0.3 is 0 Å². The molecule has 138 valence electrons. The number of rotatable bonds is 2. The molecule has 0 N–H and O–H groups in total. The first-order chi connectivity index (χ1) is 13.5. The summed E-state index contributed by atoms with van der Waals surface area (Å²) >= 11 is 0. The zero-order chi connectivity index (χ0) is 19.9. The van der Waals surface area contributed by atoms with Crippen LogP contribution in [-0.2, 0) is 0 Å². The predicted octanol–water partition coefficient (Wildman–Crippen LogP) is 6.73. The normalized spacial score (nSPS) is 10.2. The Kier molecular flexibility index (Phi) is 6.37. The van der Waals surface area contributed by atoms with Gasteiger partial charge in [0.1, 0.15) is 0 Å². The second-order valence-electron chi connectivity index (χ2n) is 7.63. The smallest absolute Gasteiger partial charge is 0.0249 e. The maximum atomic E-state index is 3.23. The van der Waals surface area contributed by atoms with Crippen molar-refractivity contribution in [1.82, 2.24) is 0 Å². The molecule has 0 spiro atoms. The van der Waals surface area contributed by atoms with E-state index in [4.69, 9.17) is 0 Å². The van der Waals surface area contributed by atoms with Crippen LogP contribution in [-0.4, -0.2) is 0 Å². The monoisotopic (exact) mass is 362 g/mol. The zero-order valence-electron chi connectivity index (χ0n) is 17.1. The Balaban J connectivity index is 1.67. The van der Waals surface area contributed by atoms with Crippen LogP contribution in [0.5, 0.6) is 0 Å². The molecule has 0 heterocycles. The van der Waals surface area contributed by atoms with Crippen LogP contribution in [0.25, 0.3) is 0 Å². The van der Waals surface area contributed by atoms with Crippen molar-refractivity contribution in [1.29, 1.82) is 0 Å². The first kappa shape index (κ1) is 19.5. The Morgan fingerprint density at radius 3 is 0.821 bits per heavy atom. The minimum Gasteiger partial charge on any atom is -0.0617 e. The Morgan fingerprint density at radius 1 is 0.393 bits per heavy atom. The van der Waals surface area contributed by atoms with E-state index in [-0.39, 0.29) is 0 Å². The van der Waals surface area contributed by atoms with E-state index in [1.807, 2.05) is 24.3 Å². The fourth-order valence-corrected chi connectivity index (χ4v) is 2.83. The quantitative estimate of drug-likeness (QED) is 0.443. The van der Waals surface area contributed by atoms with Gasteiger partial charge in [-0.2, -0.15) is 0 Å². The molecular formula is C28H26. The van der Waals surface area contributed by atoms with Crippen molar-refractivity contribution in [3.8, 4) is 23.7 Å². The Morgan fingerprint density at radius 2 is 0.607 bits per heavy atom. The molecular weight excluding hydrogens is 336 g/mol. The summed E-state index contributed by atoms with van der Waals surface area (Å²) in [5.41, 5.74) is 6.76. The fourth-order valence-electron chi connectivity index (χ4n) is 2.83. The van der Waals surface area contributed by atoms with E-state index < -0.39 is 0 Å². The molecule has 3 aromatic rings. The van der Waals surface area contributed by atoms with Crippen molar-refractivity contribution in [2.75, 3.05) is 0 Å². The van der Waals surface area contributed by atoms with Gasteiger partial charge in [-0.15, -0.1) is 0 Å². The minimum absolute atomic E-state index is 0.545. The van der Waals surface area contributed by atoms with Gasteiger partial charge in [0.2, 0.25) is 0 Å². The van der Waals surface area contributed by atoms with Gasteiger partial charge in [0.15, 0.2) is 0 Å². The van der Waals surface area contributed by atoms with Crippen molar-refractivity contribution >= 4 is 0 Å². The van der Waals surface area contributed by atoms with Crippen LogP contribution in [0.3, 0.4) is 0 Å². The van der Waals surface area contributed by atoms with Crippen molar-refractivity contribution in [3.05, 3.63) is 106 Å². The van der Waals surface area contributed by atoms with Crippen molar-refractivity contribution in [3.63, 3.8) is 0 Å². The van der Waals surface area contributed by atoms with Gasteiger partial charge in [0.25, 0.3) is 0 Å². The molecule has 0 radical (unpaired) electrons. The lowest BCUT2D eigenvalue weighted by atomic mass is 10.0. The van der Waals surface area contributed by atoms with Crippen molar-refractivity contribution in [2.24, 2.45) is 0 Å². The highest BCUT2D eigenvalue weighted by Gasteiger charge is 1.98. The molecule has 0 atom stereocenters. The van der Waals surface area contributed by atoms with E-state index >= 15 is 0 Å². The lowest BCUT2D eigenvalue weighted by molar-refractivity contribution is 0.866. The average Bonchev–Trinajstić information content (AvgIpc) is 2.72. The molecule has 3 aromatic carbocycles. The third kappa shape index (κ3) is 5.39. The summed E-state index contributed by atoms with van der Waals surface area (Å²) in [5, 5.41) is 0. The molecule has 0 bridgehead atoms. The van der Waals surface area contributed by atoms with Crippen LogP contribution in [0, 0.1) is 23.7 Å². The third-order valence-electron chi connectivity index (χ3n) is 4.74. The Hall–Kier alpha value is -3.22. The average molecular weight is 363 g/mol. The number of hydrogen-bond donors (Lipinski definition) is 0. The van der Waals surface area contributed by atoms with Gasteiger partial charge in [0.05, 0.1) is 0 Å². The molecule has 0 fully saturated rings. The highest BCUT2D eigenvalue weighted by Crippen LogP contribution is 2.15. The Bertz CT molecular complexity index is 936. The standard InChI is InChI=1S/C28H26/c1-21(2)27-17-13-25(14-18-27)11-9-23-5-7-24(8-6-23)10-12-26-15-19-28(20-16-26)22(3)4/h5-8,13-22H,1-4H3. The van der Waals surface area contributed by atoms with Gasteiger partial charge in [-0.05, 0) is 71.5 Å². The van der Waals surface area contributed by atoms with E-state index in [1.54, 1.807) is 0 Å². The van der Waals surface area contributed by atoms with Crippen molar-refractivity contribution in [2.45, 2.75) is 39.5 Å². The first-order valence-corrected chi connectivity index (χ1v) is 9.85. The Labute approximate surface area is 169 Å². The molecule has 0 saturated heterocycles. The van der Waals surface area contributed by atoms with E-state index in [0.29, 0.717) is 11.8 Å². The van der Waals surface area contributed by atoms with E-state index in [9.17, 15) is 0 Å². The second kappa shape index (κ2) is 9.12. The second-order valence-corrected chi connectivity index (χ2v) is 7.63. The predicted molar refractivity (Wildman–Crippen MR) is 119 cm³/mol. The van der Waals surface area contributed by atoms with Crippen LogP contribution < -0.4 is 0 Å². The van der Waals surface area contributed by atoms with E-state index in [1.165, 1.54) is 11.1 Å². The number of hydrogen-bond acceptors (Lipinski definition) is 0. The topological polar surface area (TPSA) is 0 Å². The van der Waals surface area contributed by atoms with Gasteiger partial charge in [-0.3, -0.25) is 0 Å². The molecule has 0 unspecified atom stereocenters. The molecule has 0 nitrogen and oxygen atoms in total. The maximum Gasteiger partial charge on any atom is 0.0249 e. The molecule has 0 aliphatic rings. The fraction of sp³-hybridized carbons (Fsp3) is 0.214. The van der Waals surface area contributed by atoms with Crippen LogP contribution in [0.2, 0.25) is 0 Å². The maximum absolute atomic E-state index is 3.23. The molecule has 0 aromatic heterocycles. The highest BCUT2D eigenvalue weighted by molar-refractivity contribution is 5.48. The van der Waals surface area contributed by atoms with Gasteiger partial charge in [0, 0.05) is 22.3 Å². The lowest BCUT2D eigenvalue weighted by Crippen LogP contribution is -1.86. The highest BCUT2D eigenvalue weighted by atomic mass is 14.0. The van der Waals surface area contributed by atoms with Crippen LogP contribution in [0.15, 0.2) is 72.8 Å². The van der Waals surface area contributed by atoms with Crippen LogP contribution in [0.1, 0.15) is 72.9 Å². The SMILES string of the molecule is CC(C)c1ccc(C#Cc2ccc(C#Cc3ccc(C(C)C)cc3)cc2)cc1. The molecule has 3 rings (SSSR count). The molecule has 0 saturated carbocycles. The van der Waals surface area contributed by atoms with Crippen LogP contribution in [0.4, 0.5) is 0 Å². The molecule has 0 aliphatic carbocycles. The third-order valence-corrected chi connectivity index (χ3v) is 4.74. The largest absolute Gasteiger partial charge is 0.0617 e. The summed E-state index contributed by atoms with van der Waals surface area (Å²) in [5.74, 6) is 14.0. The van der Waals surface area contributed by atoms with Gasteiger partial charge in [-0.25, -0.2) is 0 Å². The van der Waals surface area contributed by atoms with Gasteiger partial charge in [-0.1, -0.05) is 75.6 Å². The number of benzene rings is 3. The molecule has 0 aliphatic heterocycles. The molecule has 0 amide bonds. The van der Waals surface area contributed by atoms with Crippen molar-refractivity contribution < 1.29 is 0 Å². The summed E-state index contributed by atoms with van der Waals surface area (Å²) in [6.07, 6.45) is 0. The summed E-state index contributed by atoms with van der Waals surface area (Å²) in [6.45, 7) is 8.80. The lowest BCUT2D eigenvalue weighted by Gasteiger charge is -2.03. The summed E-state index contributed by atoms with van der Waals surface area (Å²) in [4.78, 5) is 0. The van der Waals surface area contributed by atoms with Gasteiger partial charge >= 0.3 is 0 Å². The van der Waals surface area contributed by atoms with E-state index in [0.717, 1.165) is 22.3 Å². The van der Waals surface area contributed by atoms with E-state index in [2.05, 4.69) is 99.9 Å². The summed E-state index contributed by atoms with van der Waals surface area (Å²) in [7, 11) is 0. The minimum atomic E-state index is 0.545. The summed E-state index contributed by atoms with van der Waals surface area (Å²) < 4.78 is 0. The summed E-state index contributed by atoms with van der Waals surface area (Å²) in [6, 6.07) is 25.1. The first-order valence-electron chi connectivity index (χ1n) is 9.85. The molecule has 28 heavy (non-hydrogen) atoms. The zero-order valence-corrected chi connectivity index (χ0v) is 17.1.